The van der Waals surface area contributed by atoms with Crippen LogP contribution in [0.5, 0.6) is 0 Å². The number of primary amides is 1. The number of hydrogen-bond donors (Lipinski definition) is 2. The molecule has 0 unspecified atom stereocenters. The summed E-state index contributed by atoms with van der Waals surface area (Å²) < 4.78 is 42.3. The Morgan fingerprint density at radius 3 is 2.14 bits per heavy atom. The first-order valence-electron chi connectivity index (χ1n) is 3.93. The van der Waals surface area contributed by atoms with E-state index in [0.717, 1.165) is 0 Å². The molecule has 0 aliphatic carbocycles. The molecule has 1 fully saturated rings. The lowest BCUT2D eigenvalue weighted by Gasteiger charge is -2.29. The standard InChI is InChI=1S/C7H11F3N2O2/c1-5(2)12-3-6(14-5,4(11)13)7(8,9)10/h12H,3H2,1-2H3,(H2,11,13)/t6-/m1/s1. The summed E-state index contributed by atoms with van der Waals surface area (Å²) in [5.74, 6) is -1.52. The smallest absolute Gasteiger partial charge is 0.367 e. The van der Waals surface area contributed by atoms with E-state index in [-0.39, 0.29) is 0 Å². The summed E-state index contributed by atoms with van der Waals surface area (Å²) in [5.41, 5.74) is 0.606. The Bertz CT molecular complexity index is 264. The second kappa shape index (κ2) is 2.83. The fraction of sp³-hybridized carbons (Fsp3) is 0.857. The molecule has 1 aliphatic heterocycles. The predicted molar refractivity (Wildman–Crippen MR) is 41.1 cm³/mol. The summed E-state index contributed by atoms with van der Waals surface area (Å²) in [6, 6.07) is 0. The molecule has 14 heavy (non-hydrogen) atoms. The summed E-state index contributed by atoms with van der Waals surface area (Å²) in [6.07, 6.45) is -4.81. The van der Waals surface area contributed by atoms with Crippen LogP contribution in [-0.2, 0) is 9.53 Å². The quantitative estimate of drug-likeness (QED) is 0.649. The second-order valence-corrected chi connectivity index (χ2v) is 3.65. The van der Waals surface area contributed by atoms with Crippen molar-refractivity contribution >= 4 is 5.91 Å². The van der Waals surface area contributed by atoms with E-state index in [1.54, 1.807) is 0 Å². The summed E-state index contributed by atoms with van der Waals surface area (Å²) in [7, 11) is 0. The van der Waals surface area contributed by atoms with Crippen molar-refractivity contribution in [2.75, 3.05) is 6.54 Å². The van der Waals surface area contributed by atoms with E-state index in [2.05, 4.69) is 10.1 Å². The number of rotatable bonds is 1. The van der Waals surface area contributed by atoms with Crippen LogP contribution in [-0.4, -0.2) is 30.0 Å². The van der Waals surface area contributed by atoms with Crippen LogP contribution in [0.15, 0.2) is 0 Å². The lowest BCUT2D eigenvalue weighted by molar-refractivity contribution is -0.266. The van der Waals surface area contributed by atoms with Gasteiger partial charge in [0.15, 0.2) is 0 Å². The largest absolute Gasteiger partial charge is 0.427 e. The molecule has 0 aromatic heterocycles. The zero-order valence-corrected chi connectivity index (χ0v) is 7.73. The minimum Gasteiger partial charge on any atom is -0.367 e. The maximum Gasteiger partial charge on any atom is 0.427 e. The van der Waals surface area contributed by atoms with Gasteiger partial charge >= 0.3 is 6.18 Å². The lowest BCUT2D eigenvalue weighted by atomic mass is 10.0. The highest BCUT2D eigenvalue weighted by molar-refractivity contribution is 5.85. The Balaban J connectivity index is 3.05. The van der Waals surface area contributed by atoms with E-state index >= 15 is 0 Å². The van der Waals surface area contributed by atoms with Gasteiger partial charge in [-0.1, -0.05) is 0 Å². The van der Waals surface area contributed by atoms with Crippen molar-refractivity contribution < 1.29 is 22.7 Å². The van der Waals surface area contributed by atoms with Gasteiger partial charge < -0.3 is 10.5 Å². The van der Waals surface area contributed by atoms with Gasteiger partial charge in [-0.05, 0) is 13.8 Å². The van der Waals surface area contributed by atoms with E-state index in [4.69, 9.17) is 5.73 Å². The van der Waals surface area contributed by atoms with Crippen LogP contribution in [0.3, 0.4) is 0 Å². The molecule has 3 N–H and O–H groups in total. The van der Waals surface area contributed by atoms with Gasteiger partial charge in [0.05, 0.1) is 0 Å². The van der Waals surface area contributed by atoms with Crippen molar-refractivity contribution in [2.24, 2.45) is 5.73 Å². The highest BCUT2D eigenvalue weighted by atomic mass is 19.4. The monoisotopic (exact) mass is 212 g/mol. The highest BCUT2D eigenvalue weighted by Crippen LogP contribution is 2.39. The summed E-state index contributed by atoms with van der Waals surface area (Å²) >= 11 is 0. The maximum absolute atomic E-state index is 12.5. The van der Waals surface area contributed by atoms with Gasteiger partial charge in [0, 0.05) is 6.54 Å². The summed E-state index contributed by atoms with van der Waals surface area (Å²) in [5, 5.41) is 2.43. The first kappa shape index (κ1) is 11.3. The molecule has 7 heteroatoms. The van der Waals surface area contributed by atoms with Crippen molar-refractivity contribution in [3.05, 3.63) is 0 Å². The summed E-state index contributed by atoms with van der Waals surface area (Å²) in [6.45, 7) is 2.13. The summed E-state index contributed by atoms with van der Waals surface area (Å²) in [4.78, 5) is 10.8. The van der Waals surface area contributed by atoms with Gasteiger partial charge in [-0.3, -0.25) is 10.1 Å². The van der Waals surface area contributed by atoms with Crippen LogP contribution in [0.1, 0.15) is 13.8 Å². The molecule has 0 aromatic rings. The van der Waals surface area contributed by atoms with Gasteiger partial charge in [0.1, 0.15) is 5.72 Å². The first-order chi connectivity index (χ1) is 6.11. The SMILES string of the molecule is CC1(C)NC[C@@](C(N)=O)(C(F)(F)F)O1. The molecule has 0 spiro atoms. The molecule has 4 nitrogen and oxygen atoms in total. The molecule has 0 aromatic carbocycles. The molecule has 1 atom stereocenters. The van der Waals surface area contributed by atoms with E-state index in [1.165, 1.54) is 13.8 Å². The molecule has 82 valence electrons. The molecule has 0 radical (unpaired) electrons. The molecule has 1 rings (SSSR count). The van der Waals surface area contributed by atoms with Gasteiger partial charge in [0.2, 0.25) is 0 Å². The van der Waals surface area contributed by atoms with Crippen LogP contribution in [0.2, 0.25) is 0 Å². The molecule has 1 saturated heterocycles. The first-order valence-corrected chi connectivity index (χ1v) is 3.93. The van der Waals surface area contributed by atoms with Crippen LogP contribution in [0.4, 0.5) is 13.2 Å². The normalized spacial score (nSPS) is 31.8. The Hall–Kier alpha value is -0.820. The average molecular weight is 212 g/mol. The fourth-order valence-electron chi connectivity index (χ4n) is 1.28. The molecule has 0 bridgehead atoms. The average Bonchev–Trinajstić information content (AvgIpc) is 2.25. The van der Waals surface area contributed by atoms with Crippen molar-refractivity contribution in [3.63, 3.8) is 0 Å². The lowest BCUT2D eigenvalue weighted by Crippen LogP contribution is -2.58. The predicted octanol–water partition coefficient (Wildman–Crippen LogP) is 0.129. The van der Waals surface area contributed by atoms with Crippen LogP contribution in [0.25, 0.3) is 0 Å². The number of ether oxygens (including phenoxy) is 1. The molecule has 1 heterocycles. The Morgan fingerprint density at radius 2 is 2.00 bits per heavy atom. The Kier molecular flexibility index (Phi) is 2.28. The third-order valence-corrected chi connectivity index (χ3v) is 2.05. The number of hydrogen-bond acceptors (Lipinski definition) is 3. The van der Waals surface area contributed by atoms with Crippen molar-refractivity contribution in [1.29, 1.82) is 0 Å². The maximum atomic E-state index is 12.5. The third-order valence-electron chi connectivity index (χ3n) is 2.05. The van der Waals surface area contributed by atoms with Crippen LogP contribution >= 0.6 is 0 Å². The number of nitrogens with one attached hydrogen (secondary N) is 1. The minimum absolute atomic E-state index is 0.654. The zero-order valence-electron chi connectivity index (χ0n) is 7.73. The van der Waals surface area contributed by atoms with E-state index < -0.39 is 30.0 Å². The zero-order chi connectivity index (χ0) is 11.2. The van der Waals surface area contributed by atoms with Gasteiger partial charge in [-0.25, -0.2) is 0 Å². The van der Waals surface area contributed by atoms with Crippen molar-refractivity contribution in [2.45, 2.75) is 31.3 Å². The van der Waals surface area contributed by atoms with Crippen LogP contribution < -0.4 is 11.1 Å². The van der Waals surface area contributed by atoms with Gasteiger partial charge in [0.25, 0.3) is 11.5 Å². The van der Waals surface area contributed by atoms with E-state index in [9.17, 15) is 18.0 Å². The third kappa shape index (κ3) is 1.57. The van der Waals surface area contributed by atoms with E-state index in [1.807, 2.05) is 0 Å². The number of carbonyl (C=O) groups excluding carboxylic acids is 1. The Labute approximate surface area is 78.6 Å². The van der Waals surface area contributed by atoms with Crippen LogP contribution in [0, 0.1) is 0 Å². The van der Waals surface area contributed by atoms with Crippen molar-refractivity contribution in [1.82, 2.24) is 5.32 Å². The minimum atomic E-state index is -4.81. The number of carbonyl (C=O) groups is 1. The second-order valence-electron chi connectivity index (χ2n) is 3.65. The van der Waals surface area contributed by atoms with Crippen molar-refractivity contribution in [3.8, 4) is 0 Å². The topological polar surface area (TPSA) is 64.3 Å². The number of nitrogens with two attached hydrogens (primary N) is 1. The Morgan fingerprint density at radius 1 is 1.50 bits per heavy atom. The van der Waals surface area contributed by atoms with E-state index in [0.29, 0.717) is 0 Å². The number of halogens is 3. The number of alkyl halides is 3. The molecule has 1 aliphatic rings. The molecular weight excluding hydrogens is 201 g/mol. The fourth-order valence-corrected chi connectivity index (χ4v) is 1.28. The molecular formula is C7H11F3N2O2. The molecule has 1 amide bonds. The van der Waals surface area contributed by atoms with Gasteiger partial charge in [-0.15, -0.1) is 0 Å². The molecule has 0 saturated carbocycles. The number of amides is 1. The highest BCUT2D eigenvalue weighted by Gasteiger charge is 2.66. The van der Waals surface area contributed by atoms with Gasteiger partial charge in [-0.2, -0.15) is 13.2 Å².